The third kappa shape index (κ3) is 4.61. The minimum Gasteiger partial charge on any atom is -0.356 e. The van der Waals surface area contributed by atoms with E-state index in [9.17, 15) is 4.79 Å². The quantitative estimate of drug-likeness (QED) is 0.505. The number of amides is 1. The number of benzene rings is 3. The van der Waals surface area contributed by atoms with Gasteiger partial charge in [0.2, 0.25) is 5.91 Å². The predicted octanol–water partition coefficient (Wildman–Crippen LogP) is 5.10. The van der Waals surface area contributed by atoms with Gasteiger partial charge in [-0.05, 0) is 18.1 Å². The summed E-state index contributed by atoms with van der Waals surface area (Å²) in [5.74, 6) is 0.557. The summed E-state index contributed by atoms with van der Waals surface area (Å²) in [5, 5.41) is 7.21. The summed E-state index contributed by atoms with van der Waals surface area (Å²) in [5.41, 5.74) is 4.81. The molecule has 1 amide bonds. The number of carbonyl (C=O) groups excluding carboxylic acids is 1. The van der Waals surface area contributed by atoms with Crippen LogP contribution < -0.4 is 5.32 Å². The number of hydrogen-bond donors (Lipinski definition) is 1. The van der Waals surface area contributed by atoms with Crippen LogP contribution in [0.1, 0.15) is 28.4 Å². The second-order valence-electron chi connectivity index (χ2n) is 7.05. The lowest BCUT2D eigenvalue weighted by atomic mass is 9.98. The summed E-state index contributed by atoms with van der Waals surface area (Å²) in [6.07, 6.45) is 0.158. The molecule has 1 heterocycles. The maximum absolute atomic E-state index is 12.8. The Kier molecular flexibility index (Phi) is 5.52. The fourth-order valence-corrected chi connectivity index (χ4v) is 3.28. The van der Waals surface area contributed by atoms with Crippen molar-refractivity contribution in [2.45, 2.75) is 19.4 Å². The van der Waals surface area contributed by atoms with Gasteiger partial charge in [-0.25, -0.2) is 0 Å². The van der Waals surface area contributed by atoms with E-state index < -0.39 is 0 Å². The first-order valence-corrected chi connectivity index (χ1v) is 9.61. The third-order valence-electron chi connectivity index (χ3n) is 4.81. The Balaban J connectivity index is 1.49. The van der Waals surface area contributed by atoms with Gasteiger partial charge in [-0.3, -0.25) is 4.79 Å². The normalized spacial score (nSPS) is 10.8. The van der Waals surface area contributed by atoms with Crippen molar-refractivity contribution in [2.75, 3.05) is 0 Å². The minimum absolute atomic E-state index is 0.105. The maximum Gasteiger partial charge on any atom is 0.226 e. The zero-order chi connectivity index (χ0) is 20.1. The van der Waals surface area contributed by atoms with Gasteiger partial charge in [-0.15, -0.1) is 0 Å². The van der Waals surface area contributed by atoms with Crippen LogP contribution in [0.2, 0.25) is 0 Å². The molecule has 4 aromatic rings. The zero-order valence-corrected chi connectivity index (χ0v) is 16.2. The first-order valence-electron chi connectivity index (χ1n) is 9.61. The fourth-order valence-electron chi connectivity index (χ4n) is 3.28. The molecule has 4 rings (SSSR count). The van der Waals surface area contributed by atoms with Gasteiger partial charge in [0.05, 0.1) is 18.2 Å². The molecule has 0 fully saturated rings. The Morgan fingerprint density at radius 1 is 0.897 bits per heavy atom. The highest BCUT2D eigenvalue weighted by Crippen LogP contribution is 2.23. The molecule has 0 aliphatic heterocycles. The molecular formula is C25H22N2O2. The van der Waals surface area contributed by atoms with E-state index in [2.05, 4.69) is 10.5 Å². The number of nitrogens with zero attached hydrogens (tertiary/aromatic N) is 1. The van der Waals surface area contributed by atoms with E-state index in [0.29, 0.717) is 11.5 Å². The molecule has 29 heavy (non-hydrogen) atoms. The summed E-state index contributed by atoms with van der Waals surface area (Å²) in [6, 6.07) is 29.5. The monoisotopic (exact) mass is 382 g/mol. The molecule has 0 atom stereocenters. The van der Waals surface area contributed by atoms with Crippen LogP contribution in [0.3, 0.4) is 0 Å². The van der Waals surface area contributed by atoms with Crippen molar-refractivity contribution in [1.29, 1.82) is 0 Å². The average molecular weight is 382 g/mol. The summed E-state index contributed by atoms with van der Waals surface area (Å²) in [6.45, 7) is 2.04. The lowest BCUT2D eigenvalue weighted by Gasteiger charge is -2.19. The molecule has 1 N–H and O–H groups in total. The smallest absolute Gasteiger partial charge is 0.226 e. The molecule has 1 aromatic heterocycles. The molecule has 0 saturated carbocycles. The molecule has 0 saturated heterocycles. The highest BCUT2D eigenvalue weighted by Gasteiger charge is 2.18. The van der Waals surface area contributed by atoms with Crippen LogP contribution in [0, 0.1) is 6.92 Å². The molecule has 0 radical (unpaired) electrons. The molecule has 0 aliphatic rings. The van der Waals surface area contributed by atoms with Crippen molar-refractivity contribution in [3.63, 3.8) is 0 Å². The Morgan fingerprint density at radius 3 is 2.07 bits per heavy atom. The molecule has 144 valence electrons. The molecular weight excluding hydrogens is 360 g/mol. The predicted molar refractivity (Wildman–Crippen MR) is 113 cm³/mol. The van der Waals surface area contributed by atoms with E-state index >= 15 is 0 Å². The van der Waals surface area contributed by atoms with E-state index in [1.54, 1.807) is 0 Å². The molecule has 3 aromatic carbocycles. The molecule has 0 aliphatic carbocycles. The molecule has 0 spiro atoms. The number of rotatable bonds is 6. The highest BCUT2D eigenvalue weighted by atomic mass is 16.5. The first kappa shape index (κ1) is 18.7. The van der Waals surface area contributed by atoms with Crippen LogP contribution in [0.15, 0.2) is 95.5 Å². The standard InChI is InChI=1S/C25H22N2O2/c1-18-12-14-19(15-13-18)23-16-22(27-29-23)17-24(28)26-25(20-8-4-2-5-9-20)21-10-6-3-7-11-21/h2-16,25H,17H2,1H3,(H,26,28). The minimum atomic E-state index is -0.214. The SMILES string of the molecule is Cc1ccc(-c2cc(CC(=O)NC(c3ccccc3)c3ccccc3)no2)cc1. The topological polar surface area (TPSA) is 55.1 Å². The number of aromatic nitrogens is 1. The van der Waals surface area contributed by atoms with E-state index in [1.165, 1.54) is 5.56 Å². The van der Waals surface area contributed by atoms with E-state index in [4.69, 9.17) is 4.52 Å². The van der Waals surface area contributed by atoms with E-state index in [-0.39, 0.29) is 18.4 Å². The van der Waals surface area contributed by atoms with Gasteiger partial charge in [0.25, 0.3) is 0 Å². The van der Waals surface area contributed by atoms with Gasteiger partial charge >= 0.3 is 0 Å². The van der Waals surface area contributed by atoms with Crippen molar-refractivity contribution in [3.05, 3.63) is 113 Å². The van der Waals surface area contributed by atoms with Crippen molar-refractivity contribution in [1.82, 2.24) is 10.5 Å². The first-order chi connectivity index (χ1) is 14.2. The molecule has 0 unspecified atom stereocenters. The van der Waals surface area contributed by atoms with Crippen LogP contribution in [0.4, 0.5) is 0 Å². The van der Waals surface area contributed by atoms with Crippen LogP contribution >= 0.6 is 0 Å². The van der Waals surface area contributed by atoms with Crippen LogP contribution in [0.5, 0.6) is 0 Å². The van der Waals surface area contributed by atoms with E-state index in [1.807, 2.05) is 97.9 Å². The second kappa shape index (κ2) is 8.57. The largest absolute Gasteiger partial charge is 0.356 e. The summed E-state index contributed by atoms with van der Waals surface area (Å²) in [7, 11) is 0. The maximum atomic E-state index is 12.8. The summed E-state index contributed by atoms with van der Waals surface area (Å²) >= 11 is 0. The van der Waals surface area contributed by atoms with Crippen LogP contribution in [0.25, 0.3) is 11.3 Å². The summed E-state index contributed by atoms with van der Waals surface area (Å²) in [4.78, 5) is 12.8. The van der Waals surface area contributed by atoms with Gasteiger partial charge < -0.3 is 9.84 Å². The fraction of sp³-hybridized carbons (Fsp3) is 0.120. The lowest BCUT2D eigenvalue weighted by Crippen LogP contribution is -2.30. The van der Waals surface area contributed by atoms with Crippen LogP contribution in [-0.2, 0) is 11.2 Å². The number of aryl methyl sites for hydroxylation is 1. The number of hydrogen-bond acceptors (Lipinski definition) is 3. The van der Waals surface area contributed by atoms with Crippen molar-refractivity contribution in [3.8, 4) is 11.3 Å². The molecule has 4 nitrogen and oxygen atoms in total. The Morgan fingerprint density at radius 2 is 1.48 bits per heavy atom. The lowest BCUT2D eigenvalue weighted by molar-refractivity contribution is -0.121. The molecule has 0 bridgehead atoms. The van der Waals surface area contributed by atoms with Crippen molar-refractivity contribution >= 4 is 5.91 Å². The second-order valence-corrected chi connectivity index (χ2v) is 7.05. The average Bonchev–Trinajstić information content (AvgIpc) is 3.22. The van der Waals surface area contributed by atoms with Crippen molar-refractivity contribution < 1.29 is 9.32 Å². The van der Waals surface area contributed by atoms with Gasteiger partial charge in [-0.1, -0.05) is 95.6 Å². The Bertz CT molecular complexity index is 1030. The highest BCUT2D eigenvalue weighted by molar-refractivity contribution is 5.79. The number of nitrogens with one attached hydrogen (secondary N) is 1. The van der Waals surface area contributed by atoms with Gasteiger partial charge in [0.15, 0.2) is 5.76 Å². The van der Waals surface area contributed by atoms with Gasteiger partial charge in [0.1, 0.15) is 0 Å². The van der Waals surface area contributed by atoms with Crippen LogP contribution in [-0.4, -0.2) is 11.1 Å². The number of carbonyl (C=O) groups is 1. The Labute approximate surface area is 170 Å². The zero-order valence-electron chi connectivity index (χ0n) is 16.2. The summed E-state index contributed by atoms with van der Waals surface area (Å²) < 4.78 is 5.44. The third-order valence-corrected chi connectivity index (χ3v) is 4.81. The van der Waals surface area contributed by atoms with E-state index in [0.717, 1.165) is 16.7 Å². The van der Waals surface area contributed by atoms with Crippen molar-refractivity contribution in [2.24, 2.45) is 0 Å². The van der Waals surface area contributed by atoms with Gasteiger partial charge in [-0.2, -0.15) is 0 Å². The Hall–Kier alpha value is -3.66. The van der Waals surface area contributed by atoms with Gasteiger partial charge in [0, 0.05) is 11.6 Å². The molecule has 4 heteroatoms.